The number of carboxylic acid groups (broad SMARTS) is 1. The first-order valence-corrected chi connectivity index (χ1v) is 6.02. The molecular weight excluding hydrogens is 251 g/mol. The smallest absolute Gasteiger partial charge is 0.305 e. The predicted molar refractivity (Wildman–Crippen MR) is 67.4 cm³/mol. The summed E-state index contributed by atoms with van der Waals surface area (Å²) >= 11 is 0. The summed E-state index contributed by atoms with van der Waals surface area (Å²) < 4.78 is 12.9. The number of anilines is 1. The van der Waals surface area contributed by atoms with Gasteiger partial charge in [0, 0.05) is 18.3 Å². The Bertz CT molecular complexity index is 489. The second-order valence-corrected chi connectivity index (χ2v) is 4.59. The number of nitrogens with one attached hydrogen (secondary N) is 1. The standard InChI is InChI=1S/C13H15FN2O3/c1-8-7-15-13(19)11(6-12(17)18)16(8)10-4-2-9(14)3-5-10/h2-5,8,11H,6-7H2,1H3,(H,15,19)(H,17,18). The van der Waals surface area contributed by atoms with Gasteiger partial charge >= 0.3 is 5.97 Å². The molecule has 0 saturated carbocycles. The quantitative estimate of drug-likeness (QED) is 0.856. The number of amides is 1. The molecule has 19 heavy (non-hydrogen) atoms. The van der Waals surface area contributed by atoms with Crippen LogP contribution in [0.15, 0.2) is 24.3 Å². The van der Waals surface area contributed by atoms with Crippen molar-refractivity contribution >= 4 is 17.6 Å². The number of hydrogen-bond donors (Lipinski definition) is 2. The lowest BCUT2D eigenvalue weighted by Crippen LogP contribution is -2.60. The van der Waals surface area contributed by atoms with Crippen LogP contribution in [0.1, 0.15) is 13.3 Å². The van der Waals surface area contributed by atoms with Crippen LogP contribution in [0.4, 0.5) is 10.1 Å². The van der Waals surface area contributed by atoms with Crippen LogP contribution in [0.2, 0.25) is 0 Å². The normalized spacial score (nSPS) is 23.1. The van der Waals surface area contributed by atoms with Crippen molar-refractivity contribution in [2.75, 3.05) is 11.4 Å². The first-order chi connectivity index (χ1) is 8.99. The summed E-state index contributed by atoms with van der Waals surface area (Å²) in [5.41, 5.74) is 0.648. The largest absolute Gasteiger partial charge is 0.481 e. The maximum absolute atomic E-state index is 12.9. The zero-order valence-electron chi connectivity index (χ0n) is 10.5. The third-order valence-electron chi connectivity index (χ3n) is 3.18. The Morgan fingerprint density at radius 1 is 1.47 bits per heavy atom. The summed E-state index contributed by atoms with van der Waals surface area (Å²) in [6.07, 6.45) is -0.284. The second-order valence-electron chi connectivity index (χ2n) is 4.59. The van der Waals surface area contributed by atoms with E-state index in [1.807, 2.05) is 6.92 Å². The van der Waals surface area contributed by atoms with Crippen LogP contribution < -0.4 is 10.2 Å². The molecular formula is C13H15FN2O3. The fourth-order valence-electron chi connectivity index (χ4n) is 2.30. The van der Waals surface area contributed by atoms with E-state index in [-0.39, 0.29) is 24.2 Å². The minimum atomic E-state index is -1.04. The van der Waals surface area contributed by atoms with E-state index in [0.717, 1.165) is 0 Å². The van der Waals surface area contributed by atoms with Crippen molar-refractivity contribution in [3.63, 3.8) is 0 Å². The molecule has 1 aliphatic heterocycles. The minimum Gasteiger partial charge on any atom is -0.481 e. The summed E-state index contributed by atoms with van der Waals surface area (Å²) in [7, 11) is 0. The van der Waals surface area contributed by atoms with Crippen molar-refractivity contribution in [1.29, 1.82) is 0 Å². The highest BCUT2D eigenvalue weighted by molar-refractivity contribution is 5.90. The first kappa shape index (κ1) is 13.3. The highest BCUT2D eigenvalue weighted by Gasteiger charge is 2.35. The Kier molecular flexibility index (Phi) is 3.69. The molecule has 1 saturated heterocycles. The maximum atomic E-state index is 12.9. The van der Waals surface area contributed by atoms with Gasteiger partial charge in [0.1, 0.15) is 11.9 Å². The second kappa shape index (κ2) is 5.26. The molecule has 0 aromatic heterocycles. The molecule has 1 aromatic rings. The Labute approximate surface area is 110 Å². The molecule has 6 heteroatoms. The number of carbonyl (C=O) groups is 2. The molecule has 0 radical (unpaired) electrons. The van der Waals surface area contributed by atoms with Gasteiger partial charge in [-0.25, -0.2) is 4.39 Å². The van der Waals surface area contributed by atoms with Crippen LogP contribution in [0.25, 0.3) is 0 Å². The van der Waals surface area contributed by atoms with E-state index < -0.39 is 12.0 Å². The van der Waals surface area contributed by atoms with Crippen molar-refractivity contribution in [3.8, 4) is 0 Å². The molecule has 1 heterocycles. The number of hydrogen-bond acceptors (Lipinski definition) is 3. The van der Waals surface area contributed by atoms with Crippen molar-refractivity contribution in [1.82, 2.24) is 5.32 Å². The van der Waals surface area contributed by atoms with Gasteiger partial charge in [0.05, 0.1) is 6.42 Å². The van der Waals surface area contributed by atoms with E-state index in [1.165, 1.54) is 12.1 Å². The van der Waals surface area contributed by atoms with E-state index in [1.54, 1.807) is 17.0 Å². The number of benzene rings is 1. The van der Waals surface area contributed by atoms with E-state index in [2.05, 4.69) is 5.32 Å². The molecule has 1 aromatic carbocycles. The lowest BCUT2D eigenvalue weighted by molar-refractivity contribution is -0.140. The van der Waals surface area contributed by atoms with Gasteiger partial charge in [0.2, 0.25) is 5.91 Å². The van der Waals surface area contributed by atoms with E-state index in [0.29, 0.717) is 12.2 Å². The van der Waals surface area contributed by atoms with Crippen LogP contribution in [0.3, 0.4) is 0 Å². The fourth-order valence-corrected chi connectivity index (χ4v) is 2.30. The Morgan fingerprint density at radius 2 is 2.11 bits per heavy atom. The SMILES string of the molecule is CC1CNC(=O)C(CC(=O)O)N1c1ccc(F)cc1. The topological polar surface area (TPSA) is 69.6 Å². The van der Waals surface area contributed by atoms with Crippen LogP contribution in [-0.4, -0.2) is 35.6 Å². The Balaban J connectivity index is 2.33. The number of carboxylic acids is 1. The van der Waals surface area contributed by atoms with Crippen molar-refractivity contribution in [2.45, 2.75) is 25.4 Å². The lowest BCUT2D eigenvalue weighted by atomic mass is 10.0. The number of piperazine rings is 1. The molecule has 2 unspecified atom stereocenters. The molecule has 1 fully saturated rings. The molecule has 5 nitrogen and oxygen atoms in total. The molecule has 1 amide bonds. The van der Waals surface area contributed by atoms with Crippen molar-refractivity contribution in [2.24, 2.45) is 0 Å². The fraction of sp³-hybridized carbons (Fsp3) is 0.385. The highest BCUT2D eigenvalue weighted by Crippen LogP contribution is 2.24. The molecule has 0 bridgehead atoms. The van der Waals surface area contributed by atoms with Gasteiger partial charge in [-0.15, -0.1) is 0 Å². The lowest BCUT2D eigenvalue weighted by Gasteiger charge is -2.41. The highest BCUT2D eigenvalue weighted by atomic mass is 19.1. The van der Waals surface area contributed by atoms with Gasteiger partial charge < -0.3 is 15.3 Å². The van der Waals surface area contributed by atoms with Gasteiger partial charge in [-0.2, -0.15) is 0 Å². The minimum absolute atomic E-state index is 0.0486. The molecule has 2 atom stereocenters. The van der Waals surface area contributed by atoms with Crippen LogP contribution in [0.5, 0.6) is 0 Å². The van der Waals surface area contributed by atoms with Gasteiger partial charge in [-0.05, 0) is 31.2 Å². The van der Waals surface area contributed by atoms with Crippen LogP contribution in [0, 0.1) is 5.82 Å². The zero-order valence-corrected chi connectivity index (χ0v) is 10.5. The van der Waals surface area contributed by atoms with E-state index >= 15 is 0 Å². The zero-order chi connectivity index (χ0) is 14.0. The Hall–Kier alpha value is -2.11. The average Bonchev–Trinajstić information content (AvgIpc) is 2.35. The van der Waals surface area contributed by atoms with Gasteiger partial charge in [0.25, 0.3) is 0 Å². The molecule has 102 valence electrons. The van der Waals surface area contributed by atoms with E-state index in [9.17, 15) is 14.0 Å². The number of carbonyl (C=O) groups excluding carboxylic acids is 1. The molecule has 1 aliphatic rings. The number of rotatable bonds is 3. The average molecular weight is 266 g/mol. The summed E-state index contributed by atoms with van der Waals surface area (Å²) in [4.78, 5) is 24.4. The van der Waals surface area contributed by atoms with Crippen molar-refractivity contribution in [3.05, 3.63) is 30.1 Å². The van der Waals surface area contributed by atoms with Gasteiger partial charge in [-0.3, -0.25) is 9.59 Å². The molecule has 0 spiro atoms. The molecule has 2 rings (SSSR count). The molecule has 0 aliphatic carbocycles. The molecule has 2 N–H and O–H groups in total. The van der Waals surface area contributed by atoms with E-state index in [4.69, 9.17) is 5.11 Å². The van der Waals surface area contributed by atoms with Crippen molar-refractivity contribution < 1.29 is 19.1 Å². The Morgan fingerprint density at radius 3 is 2.68 bits per heavy atom. The summed E-state index contributed by atoms with van der Waals surface area (Å²) in [6, 6.07) is 4.89. The predicted octanol–water partition coefficient (Wildman–Crippen LogP) is 0.994. The van der Waals surface area contributed by atoms with Gasteiger partial charge in [0.15, 0.2) is 0 Å². The summed E-state index contributed by atoms with van der Waals surface area (Å²) in [5.74, 6) is -1.72. The first-order valence-electron chi connectivity index (χ1n) is 6.02. The van der Waals surface area contributed by atoms with Crippen LogP contribution >= 0.6 is 0 Å². The summed E-state index contributed by atoms with van der Waals surface area (Å²) in [5, 5.41) is 11.6. The number of halogens is 1. The van der Waals surface area contributed by atoms with Crippen LogP contribution in [-0.2, 0) is 9.59 Å². The summed E-state index contributed by atoms with van der Waals surface area (Å²) in [6.45, 7) is 2.32. The third-order valence-corrected chi connectivity index (χ3v) is 3.18. The third kappa shape index (κ3) is 2.83. The number of aliphatic carboxylic acids is 1. The maximum Gasteiger partial charge on any atom is 0.305 e. The number of nitrogens with zero attached hydrogens (tertiary/aromatic N) is 1. The van der Waals surface area contributed by atoms with Gasteiger partial charge in [-0.1, -0.05) is 0 Å². The monoisotopic (exact) mass is 266 g/mol.